The van der Waals surface area contributed by atoms with E-state index in [1.807, 2.05) is 0 Å². The highest BCUT2D eigenvalue weighted by Gasteiger charge is 2.20. The number of phenols is 2. The van der Waals surface area contributed by atoms with Gasteiger partial charge in [0.25, 0.3) is 0 Å². The van der Waals surface area contributed by atoms with E-state index in [1.54, 1.807) is 6.07 Å². The van der Waals surface area contributed by atoms with Gasteiger partial charge in [0.05, 0.1) is 25.4 Å². The van der Waals surface area contributed by atoms with Crippen LogP contribution < -0.4 is 11.5 Å². The molecule has 0 amide bonds. The predicted molar refractivity (Wildman–Crippen MR) is 70.7 cm³/mol. The Morgan fingerprint density at radius 2 is 1.47 bits per heavy atom. The van der Waals surface area contributed by atoms with Crippen LogP contribution in [0.4, 0.5) is 0 Å². The molecule has 0 spiro atoms. The average Bonchev–Trinajstić information content (AvgIpc) is 2.43. The summed E-state index contributed by atoms with van der Waals surface area (Å²) in [5, 5.41) is 43.0. The Morgan fingerprint density at radius 3 is 1.79 bits per heavy atom. The van der Waals surface area contributed by atoms with Gasteiger partial charge in [0.15, 0.2) is 11.5 Å². The fourth-order valence-electron chi connectivity index (χ4n) is 1.04. The van der Waals surface area contributed by atoms with Gasteiger partial charge in [-0.2, -0.15) is 0 Å². The average molecular weight is 274 g/mol. The highest BCUT2D eigenvalue weighted by Crippen LogP contribution is 2.24. The van der Waals surface area contributed by atoms with Gasteiger partial charge in [-0.15, -0.1) is 0 Å². The zero-order valence-corrected chi connectivity index (χ0v) is 10.7. The van der Waals surface area contributed by atoms with Crippen LogP contribution >= 0.6 is 0 Å². The second-order valence-corrected chi connectivity index (χ2v) is 4.20. The number of hydrogen-bond acceptors (Lipinski definition) is 7. The number of nitrogens with two attached hydrogens (primary N) is 2. The molecule has 7 nitrogen and oxygen atoms in total. The number of phenolic OH excluding ortho intramolecular Hbond substituents is 2. The summed E-state index contributed by atoms with van der Waals surface area (Å²) in [6, 6.07) is 4.71. The number of hydrogen-bond donors (Lipinski definition) is 7. The van der Waals surface area contributed by atoms with E-state index in [0.717, 1.165) is 5.56 Å². The van der Waals surface area contributed by atoms with E-state index in [4.69, 9.17) is 37.0 Å². The number of benzene rings is 1. The molecule has 0 radical (unpaired) electrons. The molecule has 110 valence electrons. The summed E-state index contributed by atoms with van der Waals surface area (Å²) >= 11 is 0. The van der Waals surface area contributed by atoms with E-state index in [2.05, 4.69) is 0 Å². The lowest BCUT2D eigenvalue weighted by atomic mass is 10.1. The fourth-order valence-corrected chi connectivity index (χ4v) is 1.04. The van der Waals surface area contributed by atoms with Crippen LogP contribution in [0.5, 0.6) is 11.5 Å². The summed E-state index contributed by atoms with van der Waals surface area (Å²) in [6.45, 7) is -0.662. The van der Waals surface area contributed by atoms with Crippen molar-refractivity contribution in [3.05, 3.63) is 23.8 Å². The first-order valence-corrected chi connectivity index (χ1v) is 5.75. The minimum absolute atomic E-state index is 0.0871. The lowest BCUT2D eigenvalue weighted by molar-refractivity contribution is 0.0698. The van der Waals surface area contributed by atoms with Gasteiger partial charge in [-0.3, -0.25) is 0 Å². The molecule has 0 heterocycles. The molecule has 7 heteroatoms. The molecule has 0 aromatic heterocycles. The molecule has 1 aromatic rings. The van der Waals surface area contributed by atoms with Gasteiger partial charge < -0.3 is 37.0 Å². The molecule has 1 aromatic carbocycles. The van der Waals surface area contributed by atoms with Crippen molar-refractivity contribution >= 4 is 0 Å². The third kappa shape index (κ3) is 6.37. The van der Waals surface area contributed by atoms with Gasteiger partial charge >= 0.3 is 0 Å². The first kappa shape index (κ1) is 17.6. The van der Waals surface area contributed by atoms with E-state index in [9.17, 15) is 0 Å². The maximum Gasteiger partial charge on any atom is 0.157 e. The highest BCUT2D eigenvalue weighted by molar-refractivity contribution is 5.40. The maximum atomic E-state index is 9.04. The summed E-state index contributed by atoms with van der Waals surface area (Å²) < 4.78 is 0. The van der Waals surface area contributed by atoms with Crippen LogP contribution in [-0.2, 0) is 6.42 Å². The number of rotatable bonds is 5. The van der Waals surface area contributed by atoms with Crippen LogP contribution in [0.2, 0.25) is 0 Å². The monoisotopic (exact) mass is 274 g/mol. The summed E-state index contributed by atoms with van der Waals surface area (Å²) in [4.78, 5) is 0. The van der Waals surface area contributed by atoms with Gasteiger partial charge in [-0.25, -0.2) is 0 Å². The van der Waals surface area contributed by atoms with Crippen LogP contribution in [0.15, 0.2) is 18.2 Å². The summed E-state index contributed by atoms with van der Waals surface area (Å²) in [5.74, 6) is -0.179. The van der Waals surface area contributed by atoms with Crippen molar-refractivity contribution in [2.24, 2.45) is 11.5 Å². The molecule has 0 bridgehead atoms. The zero-order chi connectivity index (χ0) is 14.9. The van der Waals surface area contributed by atoms with Gasteiger partial charge in [0.1, 0.15) is 0 Å². The van der Waals surface area contributed by atoms with Crippen molar-refractivity contribution in [3.63, 3.8) is 0 Å². The van der Waals surface area contributed by atoms with Gasteiger partial charge in [0.2, 0.25) is 0 Å². The van der Waals surface area contributed by atoms with E-state index < -0.39 is 25.4 Å². The first-order chi connectivity index (χ1) is 8.92. The number of aliphatic hydroxyl groups is 3. The van der Waals surface area contributed by atoms with E-state index in [-0.39, 0.29) is 11.5 Å². The second kappa shape index (κ2) is 8.68. The van der Waals surface area contributed by atoms with Crippen LogP contribution in [0.1, 0.15) is 5.56 Å². The molecule has 0 aliphatic heterocycles. The quantitative estimate of drug-likeness (QED) is 0.314. The summed E-state index contributed by atoms with van der Waals surface area (Å²) in [5.41, 5.74) is 10.2. The van der Waals surface area contributed by atoms with Crippen LogP contribution in [0.3, 0.4) is 0 Å². The minimum atomic E-state index is -1.21. The Morgan fingerprint density at radius 1 is 0.947 bits per heavy atom. The van der Waals surface area contributed by atoms with Gasteiger partial charge in [-0.1, -0.05) is 6.07 Å². The molecule has 0 atom stereocenters. The van der Waals surface area contributed by atoms with Crippen molar-refractivity contribution in [2.45, 2.75) is 12.0 Å². The normalized spacial score (nSPS) is 10.8. The Bertz CT molecular complexity index is 361. The van der Waals surface area contributed by atoms with E-state index >= 15 is 0 Å². The van der Waals surface area contributed by atoms with Crippen molar-refractivity contribution in [3.8, 4) is 11.5 Å². The molecular formula is C12H22N2O5. The Kier molecular flexibility index (Phi) is 8.05. The number of aliphatic hydroxyl groups excluding tert-OH is 3. The van der Waals surface area contributed by atoms with Gasteiger partial charge in [0, 0.05) is 0 Å². The van der Waals surface area contributed by atoms with Crippen molar-refractivity contribution in [2.75, 3.05) is 26.4 Å². The summed E-state index contributed by atoms with van der Waals surface area (Å²) in [7, 11) is 0. The zero-order valence-electron chi connectivity index (χ0n) is 10.7. The lowest BCUT2D eigenvalue weighted by Gasteiger charge is -2.20. The molecule has 1 rings (SSSR count). The molecule has 0 aliphatic carbocycles. The largest absolute Gasteiger partial charge is 0.504 e. The van der Waals surface area contributed by atoms with Crippen LogP contribution in [-0.4, -0.2) is 57.4 Å². The minimum Gasteiger partial charge on any atom is -0.504 e. The Labute approximate surface area is 111 Å². The smallest absolute Gasteiger partial charge is 0.157 e. The molecule has 0 saturated heterocycles. The van der Waals surface area contributed by atoms with E-state index in [1.165, 1.54) is 12.1 Å². The topological polar surface area (TPSA) is 153 Å². The maximum absolute atomic E-state index is 9.04. The standard InChI is InChI=1S/C8H11NO2.C4H11NO3/c9-4-3-6-1-2-7(10)8(11)5-6;5-4(1-6,2-7)3-8/h1-2,5,10-11H,3-4,9H2;6-8H,1-3,5H2. The summed E-state index contributed by atoms with van der Waals surface area (Å²) in [6.07, 6.45) is 0.716. The fraction of sp³-hybridized carbons (Fsp3) is 0.500. The second-order valence-electron chi connectivity index (χ2n) is 4.20. The lowest BCUT2D eigenvalue weighted by Crippen LogP contribution is -2.50. The van der Waals surface area contributed by atoms with Crippen LogP contribution in [0, 0.1) is 0 Å². The van der Waals surface area contributed by atoms with Crippen molar-refractivity contribution in [1.29, 1.82) is 0 Å². The van der Waals surface area contributed by atoms with Gasteiger partial charge in [-0.05, 0) is 30.7 Å². The van der Waals surface area contributed by atoms with Crippen molar-refractivity contribution in [1.82, 2.24) is 0 Å². The Balaban J connectivity index is 0.000000362. The third-order valence-electron chi connectivity index (χ3n) is 2.42. The molecule has 0 aliphatic rings. The van der Waals surface area contributed by atoms with Crippen molar-refractivity contribution < 1.29 is 25.5 Å². The SMILES string of the molecule is NC(CO)(CO)CO.NCCc1ccc(O)c(O)c1. The number of aromatic hydroxyl groups is 2. The molecule has 9 N–H and O–H groups in total. The molecule has 0 unspecified atom stereocenters. The molecule has 0 saturated carbocycles. The molecular weight excluding hydrogens is 252 g/mol. The predicted octanol–water partition coefficient (Wildman–Crippen LogP) is -1.74. The van der Waals surface area contributed by atoms with E-state index in [0.29, 0.717) is 13.0 Å². The first-order valence-electron chi connectivity index (χ1n) is 5.75. The Hall–Kier alpha value is -1.38. The molecule has 19 heavy (non-hydrogen) atoms. The molecule has 0 fully saturated rings. The third-order valence-corrected chi connectivity index (χ3v) is 2.42. The highest BCUT2D eigenvalue weighted by atomic mass is 16.3. The van der Waals surface area contributed by atoms with Crippen LogP contribution in [0.25, 0.3) is 0 Å².